The van der Waals surface area contributed by atoms with Gasteiger partial charge in [0.15, 0.2) is 9.84 Å². The quantitative estimate of drug-likeness (QED) is 0.337. The topological polar surface area (TPSA) is 103 Å². The van der Waals surface area contributed by atoms with E-state index < -0.39 is 14.6 Å². The summed E-state index contributed by atoms with van der Waals surface area (Å²) in [6.45, 7) is 8.07. The molecule has 38 heavy (non-hydrogen) atoms. The zero-order valence-electron chi connectivity index (χ0n) is 22.3. The van der Waals surface area contributed by atoms with Gasteiger partial charge in [-0.1, -0.05) is 18.2 Å². The molecular formula is C29H32N4O4S. The van der Waals surface area contributed by atoms with Crippen LogP contribution < -0.4 is 10.1 Å². The predicted octanol–water partition coefficient (Wildman–Crippen LogP) is 5.50. The number of pyridine rings is 1. The van der Waals surface area contributed by atoms with E-state index in [0.717, 1.165) is 27.6 Å². The van der Waals surface area contributed by atoms with Crippen molar-refractivity contribution in [3.63, 3.8) is 0 Å². The number of nitrogens with zero attached hydrogens (tertiary/aromatic N) is 3. The highest BCUT2D eigenvalue weighted by Crippen LogP contribution is 2.53. The first-order valence-electron chi connectivity index (χ1n) is 12.6. The average Bonchev–Trinajstić information content (AvgIpc) is 3.53. The Morgan fingerprint density at radius 1 is 1.11 bits per heavy atom. The number of carbonyl (C=O) groups excluding carboxylic acids is 1. The van der Waals surface area contributed by atoms with Crippen LogP contribution in [-0.4, -0.2) is 35.3 Å². The SMILES string of the molecule is Cc1cc(CC(=O)Nc2cnn(C(C)(C)C)c2)ccc1Oc1ccnc2ccc(C3(S(C)(=O)=O)CC3)cc12. The van der Waals surface area contributed by atoms with Gasteiger partial charge < -0.3 is 10.1 Å². The molecule has 1 amide bonds. The Morgan fingerprint density at radius 3 is 2.50 bits per heavy atom. The molecule has 0 bridgehead atoms. The van der Waals surface area contributed by atoms with Crippen LogP contribution in [0.5, 0.6) is 11.5 Å². The van der Waals surface area contributed by atoms with Gasteiger partial charge in [-0.2, -0.15) is 5.10 Å². The number of hydrogen-bond donors (Lipinski definition) is 1. The second-order valence-corrected chi connectivity index (χ2v) is 13.4. The minimum atomic E-state index is -3.23. The Labute approximate surface area is 223 Å². The highest BCUT2D eigenvalue weighted by molar-refractivity contribution is 7.92. The molecule has 1 fully saturated rings. The Kier molecular flexibility index (Phi) is 6.30. The van der Waals surface area contributed by atoms with Crippen molar-refractivity contribution in [1.82, 2.24) is 14.8 Å². The van der Waals surface area contributed by atoms with Crippen molar-refractivity contribution < 1.29 is 17.9 Å². The summed E-state index contributed by atoms with van der Waals surface area (Å²) in [4.78, 5) is 17.1. The van der Waals surface area contributed by atoms with Crippen LogP contribution in [0.3, 0.4) is 0 Å². The number of fused-ring (bicyclic) bond motifs is 1. The Morgan fingerprint density at radius 2 is 1.87 bits per heavy atom. The molecule has 0 radical (unpaired) electrons. The van der Waals surface area contributed by atoms with Crippen LogP contribution in [0.15, 0.2) is 61.1 Å². The van der Waals surface area contributed by atoms with Gasteiger partial charge in [0.2, 0.25) is 5.91 Å². The lowest BCUT2D eigenvalue weighted by Crippen LogP contribution is -2.22. The zero-order valence-corrected chi connectivity index (χ0v) is 23.1. The van der Waals surface area contributed by atoms with Crippen LogP contribution in [-0.2, 0) is 31.3 Å². The van der Waals surface area contributed by atoms with E-state index in [4.69, 9.17) is 4.74 Å². The molecule has 0 spiro atoms. The van der Waals surface area contributed by atoms with Crippen LogP contribution in [0.4, 0.5) is 5.69 Å². The molecule has 9 heteroatoms. The van der Waals surface area contributed by atoms with Crippen LogP contribution >= 0.6 is 0 Å². The Hall–Kier alpha value is -3.72. The maximum Gasteiger partial charge on any atom is 0.228 e. The highest BCUT2D eigenvalue weighted by Gasteiger charge is 2.53. The molecule has 1 aliphatic rings. The molecule has 2 aromatic heterocycles. The average molecular weight is 533 g/mol. The van der Waals surface area contributed by atoms with Gasteiger partial charge in [0.25, 0.3) is 0 Å². The molecule has 198 valence electrons. The summed E-state index contributed by atoms with van der Waals surface area (Å²) in [5, 5.41) is 7.99. The number of carbonyl (C=O) groups is 1. The smallest absolute Gasteiger partial charge is 0.228 e. The summed E-state index contributed by atoms with van der Waals surface area (Å²) >= 11 is 0. The van der Waals surface area contributed by atoms with Gasteiger partial charge in [-0.25, -0.2) is 8.42 Å². The lowest BCUT2D eigenvalue weighted by atomic mass is 10.1. The summed E-state index contributed by atoms with van der Waals surface area (Å²) in [5.41, 5.74) is 3.75. The van der Waals surface area contributed by atoms with Crippen LogP contribution in [0.2, 0.25) is 0 Å². The number of benzene rings is 2. The van der Waals surface area contributed by atoms with Gasteiger partial charge in [0.1, 0.15) is 11.5 Å². The van der Waals surface area contributed by atoms with Crippen molar-refractivity contribution in [2.45, 2.75) is 57.2 Å². The molecule has 1 saturated carbocycles. The van der Waals surface area contributed by atoms with E-state index in [-0.39, 0.29) is 17.9 Å². The molecule has 0 atom stereocenters. The standard InChI is InChI=1S/C29H32N4O4S/c1-19-14-20(15-27(34)32-22-17-31-33(18-22)28(2,3)4)6-9-25(19)37-26-10-13-30-24-8-7-21(16-23(24)26)29(11-12-29)38(5,35)36/h6-10,13-14,16-18H,11-12,15H2,1-5H3,(H,32,34). The third-order valence-corrected chi connectivity index (χ3v) is 9.08. The molecule has 2 heterocycles. The number of hydrogen-bond acceptors (Lipinski definition) is 6. The molecule has 1 N–H and O–H groups in total. The number of ether oxygens (including phenoxy) is 1. The molecule has 5 rings (SSSR count). The fourth-order valence-electron chi connectivity index (χ4n) is 4.68. The number of rotatable bonds is 7. The monoisotopic (exact) mass is 532 g/mol. The molecule has 2 aromatic carbocycles. The van der Waals surface area contributed by atoms with Gasteiger partial charge in [-0.15, -0.1) is 0 Å². The van der Waals surface area contributed by atoms with Gasteiger partial charge in [0.05, 0.1) is 34.1 Å². The van der Waals surface area contributed by atoms with Crippen LogP contribution in [0, 0.1) is 6.92 Å². The fraction of sp³-hybridized carbons (Fsp3) is 0.345. The molecule has 0 saturated heterocycles. The molecule has 0 aliphatic heterocycles. The van der Waals surface area contributed by atoms with Gasteiger partial charge in [-0.05, 0) is 81.5 Å². The maximum absolute atomic E-state index is 12.6. The lowest BCUT2D eigenvalue weighted by Gasteiger charge is -2.18. The molecule has 1 aliphatic carbocycles. The molecule has 4 aromatic rings. The Bertz CT molecular complexity index is 1650. The van der Waals surface area contributed by atoms with Crippen molar-refractivity contribution in [2.75, 3.05) is 11.6 Å². The predicted molar refractivity (Wildman–Crippen MR) is 148 cm³/mol. The lowest BCUT2D eigenvalue weighted by molar-refractivity contribution is -0.115. The summed E-state index contributed by atoms with van der Waals surface area (Å²) in [5.74, 6) is 1.13. The van der Waals surface area contributed by atoms with E-state index in [2.05, 4.69) is 15.4 Å². The number of amides is 1. The van der Waals surface area contributed by atoms with Crippen molar-refractivity contribution in [1.29, 1.82) is 0 Å². The third kappa shape index (κ3) is 5.03. The summed E-state index contributed by atoms with van der Waals surface area (Å²) in [7, 11) is -3.23. The maximum atomic E-state index is 12.6. The number of aromatic nitrogens is 3. The van der Waals surface area contributed by atoms with Crippen LogP contribution in [0.25, 0.3) is 10.9 Å². The number of anilines is 1. The highest BCUT2D eigenvalue weighted by atomic mass is 32.2. The minimum Gasteiger partial charge on any atom is -0.456 e. The second-order valence-electron chi connectivity index (χ2n) is 11.1. The normalized spacial score (nSPS) is 14.9. The van der Waals surface area contributed by atoms with Gasteiger partial charge in [-0.3, -0.25) is 14.5 Å². The molecule has 0 unspecified atom stereocenters. The van der Waals surface area contributed by atoms with Gasteiger partial charge >= 0.3 is 0 Å². The largest absolute Gasteiger partial charge is 0.456 e. The molecular weight excluding hydrogens is 500 g/mol. The van der Waals surface area contributed by atoms with E-state index in [1.54, 1.807) is 18.5 Å². The van der Waals surface area contributed by atoms with E-state index >= 15 is 0 Å². The number of aryl methyl sites for hydroxylation is 1. The van der Waals surface area contributed by atoms with E-state index in [9.17, 15) is 13.2 Å². The van der Waals surface area contributed by atoms with E-state index in [0.29, 0.717) is 30.0 Å². The van der Waals surface area contributed by atoms with Crippen molar-refractivity contribution in [3.05, 3.63) is 77.7 Å². The van der Waals surface area contributed by atoms with E-state index in [1.807, 2.05) is 75.0 Å². The van der Waals surface area contributed by atoms with Gasteiger partial charge in [0, 0.05) is 24.0 Å². The summed E-state index contributed by atoms with van der Waals surface area (Å²) in [6.07, 6.45) is 7.92. The first-order chi connectivity index (χ1) is 17.9. The number of nitrogens with one attached hydrogen (secondary N) is 1. The Balaban J connectivity index is 1.33. The first-order valence-corrected chi connectivity index (χ1v) is 14.5. The van der Waals surface area contributed by atoms with Crippen molar-refractivity contribution >= 4 is 32.3 Å². The second kappa shape index (κ2) is 9.23. The minimum absolute atomic E-state index is 0.126. The van der Waals surface area contributed by atoms with Crippen LogP contribution in [0.1, 0.15) is 50.3 Å². The fourth-order valence-corrected chi connectivity index (χ4v) is 6.08. The molecule has 8 nitrogen and oxygen atoms in total. The third-order valence-electron chi connectivity index (χ3n) is 7.02. The number of sulfone groups is 1. The first kappa shape index (κ1) is 25.9. The van der Waals surface area contributed by atoms with Crippen molar-refractivity contribution in [2.24, 2.45) is 0 Å². The van der Waals surface area contributed by atoms with Crippen molar-refractivity contribution in [3.8, 4) is 11.5 Å². The summed E-state index contributed by atoms with van der Waals surface area (Å²) < 4.78 is 32.2. The zero-order chi connectivity index (χ0) is 27.3. The summed E-state index contributed by atoms with van der Waals surface area (Å²) in [6, 6.07) is 13.0. The van der Waals surface area contributed by atoms with E-state index in [1.165, 1.54) is 6.26 Å².